The van der Waals surface area contributed by atoms with Crippen molar-refractivity contribution in [3.8, 4) is 5.75 Å². The largest absolute Gasteiger partial charge is 0.481 e. The van der Waals surface area contributed by atoms with Crippen molar-refractivity contribution in [2.75, 3.05) is 7.11 Å². The van der Waals surface area contributed by atoms with Crippen LogP contribution in [0.15, 0.2) is 24.3 Å². The lowest BCUT2D eigenvalue weighted by Gasteiger charge is -2.29. The van der Waals surface area contributed by atoms with E-state index in [4.69, 9.17) is 9.47 Å². The first kappa shape index (κ1) is 19.3. The van der Waals surface area contributed by atoms with Crippen molar-refractivity contribution in [3.05, 3.63) is 29.8 Å². The first-order chi connectivity index (χ1) is 11.7. The summed E-state index contributed by atoms with van der Waals surface area (Å²) in [5, 5.41) is 2.87. The van der Waals surface area contributed by atoms with Gasteiger partial charge in [0.25, 0.3) is 5.91 Å². The Balaban J connectivity index is 2.06. The normalized spacial score (nSPS) is 17.6. The van der Waals surface area contributed by atoms with E-state index in [1.165, 1.54) is 7.11 Å². The molecule has 1 saturated carbocycles. The second-order valence-electron chi connectivity index (χ2n) is 7.81. The average molecular weight is 347 g/mol. The Morgan fingerprint density at radius 2 is 1.84 bits per heavy atom. The molecule has 5 heteroatoms. The molecule has 1 aromatic rings. The fourth-order valence-electron chi connectivity index (χ4n) is 3.19. The Bertz CT molecular complexity index is 627. The highest BCUT2D eigenvalue weighted by molar-refractivity contribution is 5.90. The smallest absolute Gasteiger partial charge is 0.331 e. The van der Waals surface area contributed by atoms with Gasteiger partial charge in [0.2, 0.25) is 0 Å². The van der Waals surface area contributed by atoms with E-state index in [0.29, 0.717) is 18.6 Å². The summed E-state index contributed by atoms with van der Waals surface area (Å²) in [6.45, 7) is 8.08. The number of methoxy groups -OCH3 is 1. The molecule has 1 atom stereocenters. The van der Waals surface area contributed by atoms with Gasteiger partial charge in [-0.3, -0.25) is 4.79 Å². The molecule has 0 spiro atoms. The van der Waals surface area contributed by atoms with Gasteiger partial charge in [-0.2, -0.15) is 0 Å². The number of amides is 1. The summed E-state index contributed by atoms with van der Waals surface area (Å²) < 4.78 is 10.7. The minimum Gasteiger partial charge on any atom is -0.481 e. The van der Waals surface area contributed by atoms with Crippen molar-refractivity contribution in [1.82, 2.24) is 5.32 Å². The van der Waals surface area contributed by atoms with Crippen LogP contribution < -0.4 is 10.1 Å². The van der Waals surface area contributed by atoms with Crippen LogP contribution in [0.25, 0.3) is 0 Å². The zero-order chi connectivity index (χ0) is 18.7. The predicted molar refractivity (Wildman–Crippen MR) is 96.6 cm³/mol. The molecule has 1 amide bonds. The molecule has 0 radical (unpaired) electrons. The molecule has 1 aliphatic carbocycles. The van der Waals surface area contributed by atoms with Crippen molar-refractivity contribution in [2.45, 2.75) is 70.4 Å². The molecule has 0 aliphatic heterocycles. The summed E-state index contributed by atoms with van der Waals surface area (Å²) in [5.41, 5.74) is 0.236. The van der Waals surface area contributed by atoms with Crippen LogP contribution in [-0.4, -0.2) is 30.6 Å². The summed E-state index contributed by atoms with van der Waals surface area (Å²) in [6, 6.07) is 7.76. The maximum Gasteiger partial charge on any atom is 0.331 e. The minimum absolute atomic E-state index is 0.00363. The molecular formula is C20H29NO4. The summed E-state index contributed by atoms with van der Waals surface area (Å²) in [5.74, 6) is -0.0256. The minimum atomic E-state index is -0.906. The number of nitrogens with one attached hydrogen (secondary N) is 1. The Morgan fingerprint density at radius 3 is 2.40 bits per heavy atom. The zero-order valence-corrected chi connectivity index (χ0v) is 15.8. The van der Waals surface area contributed by atoms with Crippen molar-refractivity contribution in [1.29, 1.82) is 0 Å². The SMILES string of the molecule is COC(=O)C1(NC(=O)C(C)Oc2cccc(C(C)(C)C)c2)CCCC1. The summed E-state index contributed by atoms with van der Waals surface area (Å²) in [7, 11) is 1.35. The molecule has 0 aromatic heterocycles. The van der Waals surface area contributed by atoms with Gasteiger partial charge in [-0.15, -0.1) is 0 Å². The summed E-state index contributed by atoms with van der Waals surface area (Å²) >= 11 is 0. The highest BCUT2D eigenvalue weighted by Gasteiger charge is 2.44. The van der Waals surface area contributed by atoms with Gasteiger partial charge >= 0.3 is 5.97 Å². The maximum atomic E-state index is 12.6. The molecule has 5 nitrogen and oxygen atoms in total. The number of carbonyl (C=O) groups is 2. The van der Waals surface area contributed by atoms with Gasteiger partial charge in [0, 0.05) is 0 Å². The molecule has 0 saturated heterocycles. The third-order valence-corrected chi connectivity index (χ3v) is 4.78. The quantitative estimate of drug-likeness (QED) is 0.830. The third kappa shape index (κ3) is 4.53. The topological polar surface area (TPSA) is 64.6 Å². The zero-order valence-electron chi connectivity index (χ0n) is 15.8. The van der Waals surface area contributed by atoms with Crippen molar-refractivity contribution < 1.29 is 19.1 Å². The van der Waals surface area contributed by atoms with Gasteiger partial charge < -0.3 is 14.8 Å². The number of esters is 1. The Labute approximate surface area is 150 Å². The van der Waals surface area contributed by atoms with Crippen LogP contribution in [0.2, 0.25) is 0 Å². The van der Waals surface area contributed by atoms with Crippen LogP contribution >= 0.6 is 0 Å². The highest BCUT2D eigenvalue weighted by Crippen LogP contribution is 2.31. The number of hydrogen-bond acceptors (Lipinski definition) is 4. The lowest BCUT2D eigenvalue weighted by atomic mass is 9.87. The number of hydrogen-bond donors (Lipinski definition) is 1. The standard InChI is InChI=1S/C20H29NO4/c1-14(25-16-10-8-9-15(13-16)19(2,3)4)17(22)21-20(18(23)24-5)11-6-7-12-20/h8-10,13-14H,6-7,11-12H2,1-5H3,(H,21,22). The van der Waals surface area contributed by atoms with E-state index in [1.54, 1.807) is 6.92 Å². The predicted octanol–water partition coefficient (Wildman–Crippen LogP) is 3.35. The van der Waals surface area contributed by atoms with Gasteiger partial charge in [-0.1, -0.05) is 45.7 Å². The molecule has 1 unspecified atom stereocenters. The molecular weight excluding hydrogens is 318 g/mol. The van der Waals surface area contributed by atoms with Crippen molar-refractivity contribution >= 4 is 11.9 Å². The molecule has 1 N–H and O–H groups in total. The number of ether oxygens (including phenoxy) is 2. The molecule has 138 valence electrons. The first-order valence-electron chi connectivity index (χ1n) is 8.85. The molecule has 1 fully saturated rings. The van der Waals surface area contributed by atoms with Crippen LogP contribution in [0.3, 0.4) is 0 Å². The lowest BCUT2D eigenvalue weighted by molar-refractivity contribution is -0.151. The van der Waals surface area contributed by atoms with Crippen molar-refractivity contribution in [3.63, 3.8) is 0 Å². The third-order valence-electron chi connectivity index (χ3n) is 4.78. The second kappa shape index (κ2) is 7.46. The highest BCUT2D eigenvalue weighted by atomic mass is 16.5. The van der Waals surface area contributed by atoms with Crippen molar-refractivity contribution in [2.24, 2.45) is 0 Å². The fourth-order valence-corrected chi connectivity index (χ4v) is 3.19. The number of benzene rings is 1. The molecule has 1 aromatic carbocycles. The first-order valence-corrected chi connectivity index (χ1v) is 8.85. The maximum absolute atomic E-state index is 12.6. The van der Waals surface area contributed by atoms with E-state index in [0.717, 1.165) is 18.4 Å². The summed E-state index contributed by atoms with van der Waals surface area (Å²) in [6.07, 6.45) is 2.32. The van der Waals surface area contributed by atoms with E-state index in [2.05, 4.69) is 26.1 Å². The van der Waals surface area contributed by atoms with E-state index >= 15 is 0 Å². The molecule has 2 rings (SSSR count). The second-order valence-corrected chi connectivity index (χ2v) is 7.81. The number of carbonyl (C=O) groups excluding carboxylic acids is 2. The lowest BCUT2D eigenvalue weighted by Crippen LogP contribution is -2.56. The van der Waals surface area contributed by atoms with Gasteiger partial charge in [0.15, 0.2) is 6.10 Å². The molecule has 0 bridgehead atoms. The van der Waals surface area contributed by atoms with Crippen LogP contribution in [0.1, 0.15) is 58.9 Å². The van der Waals surface area contributed by atoms with Gasteiger partial charge in [0.05, 0.1) is 7.11 Å². The van der Waals surface area contributed by atoms with Crippen LogP contribution in [-0.2, 0) is 19.7 Å². The van der Waals surface area contributed by atoms with E-state index in [-0.39, 0.29) is 17.3 Å². The van der Waals surface area contributed by atoms with Crippen LogP contribution in [0, 0.1) is 0 Å². The van der Waals surface area contributed by atoms with E-state index in [9.17, 15) is 9.59 Å². The fraction of sp³-hybridized carbons (Fsp3) is 0.600. The molecule has 25 heavy (non-hydrogen) atoms. The summed E-state index contributed by atoms with van der Waals surface area (Å²) in [4.78, 5) is 24.7. The van der Waals surface area contributed by atoms with Crippen LogP contribution in [0.4, 0.5) is 0 Å². The van der Waals surface area contributed by atoms with E-state index < -0.39 is 11.6 Å². The van der Waals surface area contributed by atoms with Gasteiger partial charge in [-0.25, -0.2) is 4.79 Å². The Hall–Kier alpha value is -2.04. The Kier molecular flexibility index (Phi) is 5.76. The molecule has 0 heterocycles. The average Bonchev–Trinajstić information content (AvgIpc) is 3.03. The number of rotatable bonds is 5. The van der Waals surface area contributed by atoms with Gasteiger partial charge in [-0.05, 0) is 42.9 Å². The van der Waals surface area contributed by atoms with E-state index in [1.807, 2.05) is 24.3 Å². The monoisotopic (exact) mass is 347 g/mol. The molecule has 1 aliphatic rings. The van der Waals surface area contributed by atoms with Gasteiger partial charge in [0.1, 0.15) is 11.3 Å². The van der Waals surface area contributed by atoms with Crippen LogP contribution in [0.5, 0.6) is 5.75 Å². The Morgan fingerprint density at radius 1 is 1.20 bits per heavy atom.